The van der Waals surface area contributed by atoms with Gasteiger partial charge in [-0.1, -0.05) is 0 Å². The van der Waals surface area contributed by atoms with E-state index in [9.17, 15) is 9.59 Å². The molecule has 0 aromatic carbocycles. The molecule has 114 valence electrons. The lowest BCUT2D eigenvalue weighted by atomic mass is 10.3. The Morgan fingerprint density at radius 2 is 2.00 bits per heavy atom. The zero-order valence-corrected chi connectivity index (χ0v) is 11.9. The fourth-order valence-electron chi connectivity index (χ4n) is 1.50. The normalized spacial score (nSPS) is 11.6. The third-order valence-electron chi connectivity index (χ3n) is 2.59. The van der Waals surface area contributed by atoms with Crippen LogP contribution in [-0.4, -0.2) is 24.1 Å². The largest absolute Gasteiger partial charge is 0.465 e. The number of rotatable bonds is 6. The van der Waals surface area contributed by atoms with E-state index >= 15 is 0 Å². The molecule has 7 heteroatoms. The molecule has 0 radical (unpaired) electrons. The molecule has 2 N–H and O–H groups in total. The number of amides is 2. The molecule has 2 aromatic rings. The van der Waals surface area contributed by atoms with Gasteiger partial charge in [0.2, 0.25) is 5.91 Å². The number of hydrogen-bond donors (Lipinski definition) is 2. The molecule has 0 fully saturated rings. The van der Waals surface area contributed by atoms with Gasteiger partial charge in [-0.05, 0) is 37.3 Å². The van der Waals surface area contributed by atoms with E-state index in [1.54, 1.807) is 31.2 Å². The van der Waals surface area contributed by atoms with Gasteiger partial charge in [0.25, 0.3) is 5.91 Å². The highest BCUT2D eigenvalue weighted by molar-refractivity contribution is 5.97. The van der Waals surface area contributed by atoms with Gasteiger partial charge in [-0.25, -0.2) is 5.43 Å². The Labute approximate surface area is 126 Å². The predicted octanol–water partition coefficient (Wildman–Crippen LogP) is 1.54. The topological polar surface area (TPSA) is 96.8 Å². The molecule has 0 spiro atoms. The van der Waals surface area contributed by atoms with Crippen molar-refractivity contribution in [1.82, 2.24) is 10.7 Å². The van der Waals surface area contributed by atoms with Gasteiger partial charge in [0.1, 0.15) is 17.2 Å². The molecule has 0 saturated heterocycles. The maximum Gasteiger partial charge on any atom is 0.259 e. The summed E-state index contributed by atoms with van der Waals surface area (Å²) in [6, 6.07) is 6.88. The Balaban J connectivity index is 1.73. The second-order valence-corrected chi connectivity index (χ2v) is 4.28. The molecule has 2 aromatic heterocycles. The van der Waals surface area contributed by atoms with Crippen LogP contribution in [0.15, 0.2) is 56.8 Å². The van der Waals surface area contributed by atoms with Crippen molar-refractivity contribution in [3.05, 3.63) is 54.4 Å². The van der Waals surface area contributed by atoms with Crippen molar-refractivity contribution in [2.45, 2.75) is 6.92 Å². The number of carbonyl (C=O) groups excluding carboxylic acids is 2. The molecular formula is C15H15N3O4. The number of nitrogens with zero attached hydrogens (tertiary/aromatic N) is 1. The predicted molar refractivity (Wildman–Crippen MR) is 79.8 cm³/mol. The summed E-state index contributed by atoms with van der Waals surface area (Å²) in [6.45, 7) is 1.51. The van der Waals surface area contributed by atoms with E-state index < -0.39 is 11.8 Å². The fourth-order valence-corrected chi connectivity index (χ4v) is 1.50. The molecular weight excluding hydrogens is 286 g/mol. The highest BCUT2D eigenvalue weighted by Gasteiger charge is 2.04. The first kappa shape index (κ1) is 15.3. The van der Waals surface area contributed by atoms with Crippen molar-refractivity contribution in [1.29, 1.82) is 0 Å². The van der Waals surface area contributed by atoms with E-state index in [1.807, 2.05) is 0 Å². The van der Waals surface area contributed by atoms with Gasteiger partial charge in [0.05, 0.1) is 19.1 Å². The second-order valence-electron chi connectivity index (χ2n) is 4.28. The maximum atomic E-state index is 11.5. The summed E-state index contributed by atoms with van der Waals surface area (Å²) in [4.78, 5) is 23.0. The van der Waals surface area contributed by atoms with E-state index in [4.69, 9.17) is 8.83 Å². The number of hydrazone groups is 1. The SMILES string of the molecule is CC(=NNC(=O)CNC(=O)C=Cc1ccco1)c1ccco1. The smallest absolute Gasteiger partial charge is 0.259 e. The average molecular weight is 301 g/mol. The summed E-state index contributed by atoms with van der Waals surface area (Å²) in [6.07, 6.45) is 5.81. The van der Waals surface area contributed by atoms with E-state index in [1.165, 1.54) is 24.7 Å². The third kappa shape index (κ3) is 4.78. The standard InChI is InChI=1S/C15H15N3O4/c1-11(13-5-3-9-22-13)17-18-15(20)10-16-14(19)7-6-12-4-2-8-21-12/h2-9H,10H2,1H3,(H,16,19)(H,18,20). The molecule has 0 aliphatic carbocycles. The van der Waals surface area contributed by atoms with Crippen LogP contribution in [0.3, 0.4) is 0 Å². The van der Waals surface area contributed by atoms with Crippen molar-refractivity contribution in [2.24, 2.45) is 5.10 Å². The highest BCUT2D eigenvalue weighted by atomic mass is 16.3. The summed E-state index contributed by atoms with van der Waals surface area (Å²) in [5.74, 6) is 0.271. The molecule has 7 nitrogen and oxygen atoms in total. The second kappa shape index (κ2) is 7.63. The Morgan fingerprint density at radius 3 is 2.68 bits per heavy atom. The quantitative estimate of drug-likeness (QED) is 0.480. The summed E-state index contributed by atoms with van der Waals surface area (Å²) >= 11 is 0. The first-order valence-corrected chi connectivity index (χ1v) is 6.51. The lowest BCUT2D eigenvalue weighted by Crippen LogP contribution is -2.34. The molecule has 0 unspecified atom stereocenters. The van der Waals surface area contributed by atoms with E-state index in [-0.39, 0.29) is 6.54 Å². The van der Waals surface area contributed by atoms with Crippen LogP contribution in [0.2, 0.25) is 0 Å². The fraction of sp³-hybridized carbons (Fsp3) is 0.133. The van der Waals surface area contributed by atoms with Gasteiger partial charge in [-0.3, -0.25) is 9.59 Å². The van der Waals surface area contributed by atoms with Gasteiger partial charge < -0.3 is 14.2 Å². The van der Waals surface area contributed by atoms with Gasteiger partial charge in [0, 0.05) is 6.08 Å². The van der Waals surface area contributed by atoms with Crippen LogP contribution in [0, 0.1) is 0 Å². The van der Waals surface area contributed by atoms with Crippen molar-refractivity contribution >= 4 is 23.6 Å². The lowest BCUT2D eigenvalue weighted by molar-refractivity contribution is -0.123. The van der Waals surface area contributed by atoms with Gasteiger partial charge in [-0.2, -0.15) is 5.10 Å². The molecule has 0 aliphatic rings. The number of nitrogens with one attached hydrogen (secondary N) is 2. The minimum atomic E-state index is -0.439. The minimum Gasteiger partial charge on any atom is -0.465 e. The summed E-state index contributed by atoms with van der Waals surface area (Å²) in [7, 11) is 0. The highest BCUT2D eigenvalue weighted by Crippen LogP contribution is 2.02. The van der Waals surface area contributed by atoms with Crippen LogP contribution >= 0.6 is 0 Å². The van der Waals surface area contributed by atoms with Crippen LogP contribution in [-0.2, 0) is 9.59 Å². The summed E-state index contributed by atoms with van der Waals surface area (Å²) in [5.41, 5.74) is 2.86. The van der Waals surface area contributed by atoms with Crippen LogP contribution in [0.1, 0.15) is 18.4 Å². The Bertz CT molecular complexity index is 670. The van der Waals surface area contributed by atoms with Gasteiger partial charge >= 0.3 is 0 Å². The maximum absolute atomic E-state index is 11.5. The van der Waals surface area contributed by atoms with Crippen molar-refractivity contribution in [3.8, 4) is 0 Å². The molecule has 2 heterocycles. The van der Waals surface area contributed by atoms with E-state index in [0.29, 0.717) is 17.2 Å². The summed E-state index contributed by atoms with van der Waals surface area (Å²) in [5, 5.41) is 6.30. The van der Waals surface area contributed by atoms with Crippen LogP contribution in [0.5, 0.6) is 0 Å². The minimum absolute atomic E-state index is 0.184. The van der Waals surface area contributed by atoms with Crippen molar-refractivity contribution in [3.63, 3.8) is 0 Å². The number of furan rings is 2. The third-order valence-corrected chi connectivity index (χ3v) is 2.59. The first-order valence-electron chi connectivity index (χ1n) is 6.51. The van der Waals surface area contributed by atoms with E-state index in [2.05, 4.69) is 15.8 Å². The van der Waals surface area contributed by atoms with Crippen LogP contribution < -0.4 is 10.7 Å². The molecule has 0 saturated carbocycles. The van der Waals surface area contributed by atoms with Gasteiger partial charge in [0.15, 0.2) is 0 Å². The molecule has 22 heavy (non-hydrogen) atoms. The zero-order valence-electron chi connectivity index (χ0n) is 11.9. The van der Waals surface area contributed by atoms with Crippen molar-refractivity contribution in [2.75, 3.05) is 6.54 Å². The monoisotopic (exact) mass is 301 g/mol. The molecule has 0 bridgehead atoms. The lowest BCUT2D eigenvalue weighted by Gasteiger charge is -2.02. The Morgan fingerprint density at radius 1 is 1.23 bits per heavy atom. The molecule has 2 amide bonds. The molecule has 2 rings (SSSR count). The van der Waals surface area contributed by atoms with Crippen molar-refractivity contribution < 1.29 is 18.4 Å². The van der Waals surface area contributed by atoms with Crippen LogP contribution in [0.4, 0.5) is 0 Å². The van der Waals surface area contributed by atoms with E-state index in [0.717, 1.165) is 0 Å². The Kier molecular flexibility index (Phi) is 5.31. The number of hydrogen-bond acceptors (Lipinski definition) is 5. The summed E-state index contributed by atoms with van der Waals surface area (Å²) < 4.78 is 10.2. The average Bonchev–Trinajstić information content (AvgIpc) is 3.21. The molecule has 0 aliphatic heterocycles. The molecule has 0 atom stereocenters. The zero-order chi connectivity index (χ0) is 15.8. The van der Waals surface area contributed by atoms with Crippen LogP contribution in [0.25, 0.3) is 6.08 Å². The van der Waals surface area contributed by atoms with Gasteiger partial charge in [-0.15, -0.1) is 0 Å². The number of carbonyl (C=O) groups is 2. The first-order chi connectivity index (χ1) is 10.6. The Hall–Kier alpha value is -3.09.